The predicted molar refractivity (Wildman–Crippen MR) is 43.1 cm³/mol. The van der Waals surface area contributed by atoms with Crippen LogP contribution in [0.4, 0.5) is 0 Å². The van der Waals surface area contributed by atoms with E-state index < -0.39 is 4.32 Å². The third-order valence-corrected chi connectivity index (χ3v) is 3.34. The van der Waals surface area contributed by atoms with Crippen molar-refractivity contribution in [1.29, 1.82) is 0 Å². The fraction of sp³-hybridized carbons (Fsp3) is 0.800. The van der Waals surface area contributed by atoms with Gasteiger partial charge in [-0.1, -0.05) is 31.9 Å². The Labute approximate surface area is 71.2 Å². The zero-order valence-corrected chi connectivity index (χ0v) is 8.45. The van der Waals surface area contributed by atoms with Crippen LogP contribution in [0.2, 0.25) is 0 Å². The lowest BCUT2D eigenvalue weighted by atomic mass is 10.2. The van der Waals surface area contributed by atoms with Gasteiger partial charge in [0.25, 0.3) is 0 Å². The highest BCUT2D eigenvalue weighted by molar-refractivity contribution is 9.12. The van der Waals surface area contributed by atoms with E-state index in [1.165, 1.54) is 7.11 Å². The van der Waals surface area contributed by atoms with Gasteiger partial charge in [-0.05, 0) is 6.92 Å². The summed E-state index contributed by atoms with van der Waals surface area (Å²) in [6.07, 6.45) is 0. The molecule has 9 heavy (non-hydrogen) atoms. The van der Waals surface area contributed by atoms with Gasteiger partial charge in [0, 0.05) is 5.33 Å². The van der Waals surface area contributed by atoms with Gasteiger partial charge in [0.1, 0.15) is 4.32 Å². The summed E-state index contributed by atoms with van der Waals surface area (Å²) in [5.41, 5.74) is 0. The number of ether oxygens (including phenoxy) is 1. The largest absolute Gasteiger partial charge is 0.468 e. The Hall–Kier alpha value is 0.430. The monoisotopic (exact) mass is 258 g/mol. The van der Waals surface area contributed by atoms with Gasteiger partial charge in [-0.15, -0.1) is 0 Å². The molecular formula is C5H8Br2O2. The number of hydrogen-bond donors (Lipinski definition) is 0. The highest BCUT2D eigenvalue weighted by Crippen LogP contribution is 2.20. The van der Waals surface area contributed by atoms with Crippen LogP contribution in [-0.2, 0) is 9.53 Å². The average Bonchev–Trinajstić information content (AvgIpc) is 1.86. The number of rotatable bonds is 2. The van der Waals surface area contributed by atoms with Gasteiger partial charge < -0.3 is 4.74 Å². The summed E-state index contributed by atoms with van der Waals surface area (Å²) >= 11 is 6.35. The molecule has 0 saturated heterocycles. The van der Waals surface area contributed by atoms with Gasteiger partial charge in [-0.25, -0.2) is 0 Å². The summed E-state index contributed by atoms with van der Waals surface area (Å²) in [7, 11) is 1.37. The number of alkyl halides is 2. The van der Waals surface area contributed by atoms with Crippen LogP contribution in [0.1, 0.15) is 6.92 Å². The van der Waals surface area contributed by atoms with Crippen molar-refractivity contribution < 1.29 is 9.53 Å². The summed E-state index contributed by atoms with van der Waals surface area (Å²) in [5, 5.41) is 0.548. The molecule has 54 valence electrons. The molecule has 0 fully saturated rings. The van der Waals surface area contributed by atoms with Gasteiger partial charge >= 0.3 is 5.97 Å². The molecule has 4 heteroatoms. The second-order valence-corrected chi connectivity index (χ2v) is 4.13. The SMILES string of the molecule is COC(=O)[C@@](C)(Br)CBr. The van der Waals surface area contributed by atoms with E-state index in [0.717, 1.165) is 0 Å². The van der Waals surface area contributed by atoms with E-state index in [2.05, 4.69) is 36.6 Å². The first-order valence-corrected chi connectivity index (χ1v) is 4.29. The van der Waals surface area contributed by atoms with Crippen LogP contribution in [0.25, 0.3) is 0 Å². The van der Waals surface area contributed by atoms with E-state index in [0.29, 0.717) is 5.33 Å². The topological polar surface area (TPSA) is 26.3 Å². The van der Waals surface area contributed by atoms with Crippen molar-refractivity contribution in [2.45, 2.75) is 11.2 Å². The third-order valence-electron chi connectivity index (χ3n) is 0.862. The molecule has 1 atom stereocenters. The van der Waals surface area contributed by atoms with E-state index in [1.807, 2.05) is 0 Å². The number of halogens is 2. The molecule has 0 rings (SSSR count). The van der Waals surface area contributed by atoms with Crippen molar-refractivity contribution in [3.8, 4) is 0 Å². The highest BCUT2D eigenvalue weighted by Gasteiger charge is 2.29. The second-order valence-electron chi connectivity index (χ2n) is 1.82. The van der Waals surface area contributed by atoms with Crippen LogP contribution in [-0.4, -0.2) is 22.7 Å². The smallest absolute Gasteiger partial charge is 0.323 e. The lowest BCUT2D eigenvalue weighted by Gasteiger charge is -2.14. The summed E-state index contributed by atoms with van der Waals surface area (Å²) in [4.78, 5) is 10.8. The summed E-state index contributed by atoms with van der Waals surface area (Å²) < 4.78 is 3.91. The van der Waals surface area contributed by atoms with Crippen molar-refractivity contribution in [1.82, 2.24) is 0 Å². The Bertz CT molecular complexity index is 112. The molecule has 0 bridgehead atoms. The summed E-state index contributed by atoms with van der Waals surface area (Å²) in [6.45, 7) is 1.74. The first-order valence-electron chi connectivity index (χ1n) is 2.38. The molecule has 0 saturated carbocycles. The molecule has 0 aromatic carbocycles. The van der Waals surface area contributed by atoms with Gasteiger partial charge in [-0.2, -0.15) is 0 Å². The maximum atomic E-state index is 10.8. The zero-order chi connectivity index (χ0) is 7.49. The molecule has 0 N–H and O–H groups in total. The number of hydrogen-bond acceptors (Lipinski definition) is 2. The lowest BCUT2D eigenvalue weighted by Crippen LogP contribution is -2.30. The van der Waals surface area contributed by atoms with Crippen LogP contribution in [0.3, 0.4) is 0 Å². The second kappa shape index (κ2) is 3.56. The zero-order valence-electron chi connectivity index (χ0n) is 5.28. The van der Waals surface area contributed by atoms with Gasteiger partial charge in [-0.3, -0.25) is 4.79 Å². The van der Waals surface area contributed by atoms with E-state index >= 15 is 0 Å². The fourth-order valence-corrected chi connectivity index (χ4v) is 0.658. The maximum absolute atomic E-state index is 10.8. The van der Waals surface area contributed by atoms with E-state index in [9.17, 15) is 4.79 Å². The molecule has 0 amide bonds. The average molecular weight is 260 g/mol. The van der Waals surface area contributed by atoms with Crippen LogP contribution < -0.4 is 0 Å². The standard InChI is InChI=1S/C5H8Br2O2/c1-5(7,3-6)4(8)9-2/h3H2,1-2H3/t5-/m0/s1. The van der Waals surface area contributed by atoms with Crippen LogP contribution >= 0.6 is 31.9 Å². The maximum Gasteiger partial charge on any atom is 0.323 e. The molecule has 2 nitrogen and oxygen atoms in total. The van der Waals surface area contributed by atoms with Gasteiger partial charge in [0.15, 0.2) is 0 Å². The number of carbonyl (C=O) groups is 1. The van der Waals surface area contributed by atoms with E-state index in [-0.39, 0.29) is 5.97 Å². The molecule has 0 unspecified atom stereocenters. The van der Waals surface area contributed by atoms with Crippen molar-refractivity contribution in [2.75, 3.05) is 12.4 Å². The Balaban J connectivity index is 3.97. The van der Waals surface area contributed by atoms with E-state index in [1.54, 1.807) is 6.92 Å². The van der Waals surface area contributed by atoms with Gasteiger partial charge in [0.2, 0.25) is 0 Å². The van der Waals surface area contributed by atoms with Crippen LogP contribution in [0, 0.1) is 0 Å². The third kappa shape index (κ3) is 2.67. The Kier molecular flexibility index (Phi) is 3.73. The highest BCUT2D eigenvalue weighted by atomic mass is 79.9. The first-order chi connectivity index (χ1) is 4.04. The van der Waals surface area contributed by atoms with E-state index in [4.69, 9.17) is 0 Å². The Morgan fingerprint density at radius 1 is 1.78 bits per heavy atom. The summed E-state index contributed by atoms with van der Waals surface area (Å²) in [6, 6.07) is 0. The van der Waals surface area contributed by atoms with Gasteiger partial charge in [0.05, 0.1) is 7.11 Å². The summed E-state index contributed by atoms with van der Waals surface area (Å²) in [5.74, 6) is -0.264. The normalized spacial score (nSPS) is 16.4. The molecule has 0 aromatic rings. The molecule has 0 aliphatic heterocycles. The van der Waals surface area contributed by atoms with Crippen molar-refractivity contribution in [2.24, 2.45) is 0 Å². The predicted octanol–water partition coefficient (Wildman–Crippen LogP) is 1.71. The van der Waals surface area contributed by atoms with Crippen molar-refractivity contribution in [3.63, 3.8) is 0 Å². The molecule has 0 aliphatic rings. The first kappa shape index (κ1) is 9.43. The Morgan fingerprint density at radius 2 is 2.22 bits per heavy atom. The number of esters is 1. The minimum absolute atomic E-state index is 0.264. The molecular weight excluding hydrogens is 252 g/mol. The minimum atomic E-state index is -0.582. The lowest BCUT2D eigenvalue weighted by molar-refractivity contribution is -0.142. The molecule has 0 heterocycles. The minimum Gasteiger partial charge on any atom is -0.468 e. The molecule has 0 aliphatic carbocycles. The van der Waals surface area contributed by atoms with Crippen LogP contribution in [0.15, 0.2) is 0 Å². The van der Waals surface area contributed by atoms with Crippen molar-refractivity contribution >= 4 is 37.8 Å². The van der Waals surface area contributed by atoms with Crippen LogP contribution in [0.5, 0.6) is 0 Å². The number of carbonyl (C=O) groups excluding carboxylic acids is 1. The molecule has 0 spiro atoms. The van der Waals surface area contributed by atoms with Crippen molar-refractivity contribution in [3.05, 3.63) is 0 Å². The molecule has 0 aromatic heterocycles. The fourth-order valence-electron chi connectivity index (χ4n) is 0.267. The Morgan fingerprint density at radius 3 is 2.33 bits per heavy atom. The molecule has 0 radical (unpaired) electrons. The quantitative estimate of drug-likeness (QED) is 0.558. The number of methoxy groups -OCH3 is 1.